The summed E-state index contributed by atoms with van der Waals surface area (Å²) in [7, 11) is -4.17. The zero-order chi connectivity index (χ0) is 28.8. The number of aromatic carboxylic acids is 1. The van der Waals surface area contributed by atoms with Crippen LogP contribution in [0.3, 0.4) is 0 Å². The number of aromatic nitrogens is 1. The van der Waals surface area contributed by atoms with Crippen molar-refractivity contribution in [3.63, 3.8) is 0 Å². The smallest absolute Gasteiger partial charge is 0.478 e. The van der Waals surface area contributed by atoms with Crippen molar-refractivity contribution >= 4 is 32.6 Å². The molecule has 0 unspecified atom stereocenters. The molecule has 1 heterocycles. The Labute approximate surface area is 223 Å². The molecule has 0 atom stereocenters. The molecular formula is C28H25F3N2O5S. The van der Waals surface area contributed by atoms with Crippen LogP contribution in [0.5, 0.6) is 5.75 Å². The van der Waals surface area contributed by atoms with E-state index in [1.54, 1.807) is 24.3 Å². The number of rotatable bonds is 6. The second kappa shape index (κ2) is 9.88. The molecule has 7 nitrogen and oxygen atoms in total. The molecule has 39 heavy (non-hydrogen) atoms. The summed E-state index contributed by atoms with van der Waals surface area (Å²) in [4.78, 5) is 15.9. The molecule has 1 aromatic heterocycles. The van der Waals surface area contributed by atoms with Gasteiger partial charge in [0.2, 0.25) is 0 Å². The third kappa shape index (κ3) is 5.83. The summed E-state index contributed by atoms with van der Waals surface area (Å²) in [5.41, 5.74) is 1.02. The number of benzene rings is 3. The predicted molar refractivity (Wildman–Crippen MR) is 142 cm³/mol. The Morgan fingerprint density at radius 1 is 0.974 bits per heavy atom. The Balaban J connectivity index is 1.92. The van der Waals surface area contributed by atoms with Crippen molar-refractivity contribution in [3.8, 4) is 16.9 Å². The molecule has 2 N–H and O–H groups in total. The zero-order valence-corrected chi connectivity index (χ0v) is 22.2. The summed E-state index contributed by atoms with van der Waals surface area (Å²) >= 11 is 0. The molecule has 0 bridgehead atoms. The van der Waals surface area contributed by atoms with Gasteiger partial charge < -0.3 is 9.84 Å². The second-order valence-electron chi connectivity index (χ2n) is 9.90. The van der Waals surface area contributed by atoms with Gasteiger partial charge in [-0.25, -0.2) is 13.2 Å². The van der Waals surface area contributed by atoms with Gasteiger partial charge in [-0.2, -0.15) is 0 Å². The van der Waals surface area contributed by atoms with Gasteiger partial charge in [-0.3, -0.25) is 9.71 Å². The molecule has 0 fully saturated rings. The number of anilines is 1. The van der Waals surface area contributed by atoms with Crippen LogP contribution in [0.4, 0.5) is 18.9 Å². The summed E-state index contributed by atoms with van der Waals surface area (Å²) in [5.74, 6) is -1.77. The van der Waals surface area contributed by atoms with Gasteiger partial charge in [-0.05, 0) is 59.9 Å². The monoisotopic (exact) mass is 558 g/mol. The van der Waals surface area contributed by atoms with Crippen LogP contribution in [-0.2, 0) is 15.4 Å². The Morgan fingerprint density at radius 2 is 1.64 bits per heavy atom. The molecule has 0 saturated heterocycles. The van der Waals surface area contributed by atoms with Crippen molar-refractivity contribution in [2.24, 2.45) is 0 Å². The molecule has 0 aliphatic rings. The van der Waals surface area contributed by atoms with Gasteiger partial charge in [0.1, 0.15) is 5.75 Å². The van der Waals surface area contributed by atoms with Crippen LogP contribution in [0.15, 0.2) is 71.8 Å². The number of alkyl halides is 3. The van der Waals surface area contributed by atoms with E-state index >= 15 is 0 Å². The normalized spacial score (nSPS) is 12.4. The topological polar surface area (TPSA) is 106 Å². The predicted octanol–water partition coefficient (Wildman–Crippen LogP) is 6.91. The number of nitrogens with one attached hydrogen (secondary N) is 1. The van der Waals surface area contributed by atoms with Gasteiger partial charge in [-0.1, -0.05) is 45.0 Å². The fourth-order valence-corrected chi connectivity index (χ4v) is 5.33. The van der Waals surface area contributed by atoms with Crippen LogP contribution in [0.25, 0.3) is 22.0 Å². The molecule has 0 spiro atoms. The summed E-state index contributed by atoms with van der Waals surface area (Å²) in [6.45, 7) is 7.33. The molecule has 0 aliphatic carbocycles. The highest BCUT2D eigenvalue weighted by molar-refractivity contribution is 7.92. The number of halogens is 3. The molecule has 204 valence electrons. The third-order valence-corrected chi connectivity index (χ3v) is 7.57. The minimum Gasteiger partial charge on any atom is -0.478 e. The number of carboxylic acid groups (broad SMARTS) is 1. The SMILES string of the molecule is Cc1c(OC(F)(F)F)ccc(NS(=O)(=O)c2ccc(C(C)(C)C)cc2)c1-c1ccc(C(=O)O)c2ncccc12. The Bertz CT molecular complexity index is 1680. The van der Waals surface area contributed by atoms with Crippen molar-refractivity contribution in [1.29, 1.82) is 0 Å². The number of hydrogen-bond donors (Lipinski definition) is 2. The Morgan fingerprint density at radius 3 is 2.23 bits per heavy atom. The van der Waals surface area contributed by atoms with Gasteiger partial charge in [0.05, 0.1) is 21.7 Å². The van der Waals surface area contributed by atoms with Crippen LogP contribution in [-0.4, -0.2) is 30.8 Å². The van der Waals surface area contributed by atoms with E-state index in [2.05, 4.69) is 14.4 Å². The van der Waals surface area contributed by atoms with E-state index in [1.807, 2.05) is 20.8 Å². The van der Waals surface area contributed by atoms with E-state index < -0.39 is 28.1 Å². The summed E-state index contributed by atoms with van der Waals surface area (Å²) < 4.78 is 72.9. The van der Waals surface area contributed by atoms with E-state index in [9.17, 15) is 31.5 Å². The summed E-state index contributed by atoms with van der Waals surface area (Å²) in [5, 5.41) is 9.90. The van der Waals surface area contributed by atoms with Crippen molar-refractivity contribution < 1.29 is 36.2 Å². The number of fused-ring (bicyclic) bond motifs is 1. The minimum atomic E-state index is -4.99. The minimum absolute atomic E-state index is 0.0103. The first kappa shape index (κ1) is 27.9. The van der Waals surface area contributed by atoms with Crippen molar-refractivity contribution in [2.45, 2.75) is 44.4 Å². The molecule has 3 aromatic carbocycles. The number of ether oxygens (including phenoxy) is 1. The number of carboxylic acids is 1. The fraction of sp³-hybridized carbons (Fsp3) is 0.214. The van der Waals surface area contributed by atoms with Crippen molar-refractivity contribution in [2.75, 3.05) is 4.72 Å². The maximum Gasteiger partial charge on any atom is 0.573 e. The fourth-order valence-electron chi connectivity index (χ4n) is 4.26. The van der Waals surface area contributed by atoms with Crippen LogP contribution in [0.1, 0.15) is 42.3 Å². The van der Waals surface area contributed by atoms with Gasteiger partial charge in [0.15, 0.2) is 0 Å². The molecule has 0 radical (unpaired) electrons. The Kier molecular flexibility index (Phi) is 7.07. The number of carbonyl (C=O) groups is 1. The maximum absolute atomic E-state index is 13.4. The molecule has 4 rings (SSSR count). The van der Waals surface area contributed by atoms with E-state index in [4.69, 9.17) is 0 Å². The first-order valence-corrected chi connectivity index (χ1v) is 13.2. The van der Waals surface area contributed by atoms with Crippen LogP contribution < -0.4 is 9.46 Å². The highest BCUT2D eigenvalue weighted by Crippen LogP contribution is 2.42. The first-order valence-electron chi connectivity index (χ1n) is 11.7. The lowest BCUT2D eigenvalue weighted by molar-refractivity contribution is -0.274. The first-order chi connectivity index (χ1) is 18.1. The highest BCUT2D eigenvalue weighted by Gasteiger charge is 2.33. The van der Waals surface area contributed by atoms with E-state index in [0.29, 0.717) is 5.39 Å². The van der Waals surface area contributed by atoms with Crippen molar-refractivity contribution in [1.82, 2.24) is 4.98 Å². The second-order valence-corrected chi connectivity index (χ2v) is 11.6. The number of hydrogen-bond acceptors (Lipinski definition) is 5. The standard InChI is InChI=1S/C28H25F3N2O5S/c1-16-23(38-28(29,30)31)14-13-22(33-39(36,37)18-9-7-17(8-10-18)27(2,3)4)24(16)19-11-12-21(26(34)35)25-20(19)6-5-15-32-25/h5-15,33H,1-4H3,(H,34,35). The van der Waals surface area contributed by atoms with Crippen LogP contribution >= 0.6 is 0 Å². The lowest BCUT2D eigenvalue weighted by Crippen LogP contribution is -2.19. The highest BCUT2D eigenvalue weighted by atomic mass is 32.2. The lowest BCUT2D eigenvalue weighted by atomic mass is 9.87. The molecule has 0 saturated carbocycles. The molecular weight excluding hydrogens is 533 g/mol. The molecule has 11 heteroatoms. The van der Waals surface area contributed by atoms with E-state index in [-0.39, 0.29) is 43.8 Å². The number of sulfonamides is 1. The van der Waals surface area contributed by atoms with Crippen molar-refractivity contribution in [3.05, 3.63) is 83.6 Å². The van der Waals surface area contributed by atoms with E-state index in [1.165, 1.54) is 43.5 Å². The van der Waals surface area contributed by atoms with Gasteiger partial charge in [-0.15, -0.1) is 13.2 Å². The lowest BCUT2D eigenvalue weighted by Gasteiger charge is -2.21. The average Bonchev–Trinajstić information content (AvgIpc) is 2.84. The van der Waals surface area contributed by atoms with Crippen LogP contribution in [0, 0.1) is 6.92 Å². The Hall–Kier alpha value is -4.12. The molecule has 0 amide bonds. The maximum atomic E-state index is 13.4. The summed E-state index contributed by atoms with van der Waals surface area (Å²) in [6.07, 6.45) is -3.60. The van der Waals surface area contributed by atoms with Crippen LogP contribution in [0.2, 0.25) is 0 Å². The third-order valence-electron chi connectivity index (χ3n) is 6.19. The summed E-state index contributed by atoms with van der Waals surface area (Å²) in [6, 6.07) is 14.3. The zero-order valence-electron chi connectivity index (χ0n) is 21.4. The van der Waals surface area contributed by atoms with E-state index in [0.717, 1.165) is 11.6 Å². The quantitative estimate of drug-likeness (QED) is 0.267. The van der Waals surface area contributed by atoms with Gasteiger partial charge in [0.25, 0.3) is 10.0 Å². The number of nitrogens with zero attached hydrogens (tertiary/aromatic N) is 1. The van der Waals surface area contributed by atoms with Gasteiger partial charge in [0, 0.05) is 22.7 Å². The average molecular weight is 559 g/mol. The molecule has 0 aliphatic heterocycles. The largest absolute Gasteiger partial charge is 0.573 e. The number of pyridine rings is 1. The van der Waals surface area contributed by atoms with Gasteiger partial charge >= 0.3 is 12.3 Å². The molecule has 4 aromatic rings.